The van der Waals surface area contributed by atoms with Gasteiger partial charge in [0.2, 0.25) is 17.7 Å². The molecule has 7 aromatic carbocycles. The highest BCUT2D eigenvalue weighted by Crippen LogP contribution is 2.46. The van der Waals surface area contributed by atoms with Crippen molar-refractivity contribution in [3.8, 4) is 11.1 Å². The Kier molecular flexibility index (Phi) is 34.3. The molecule has 128 heavy (non-hydrogen) atoms. The summed E-state index contributed by atoms with van der Waals surface area (Å²) in [5, 5.41) is 47.7. The Labute approximate surface area is 738 Å². The normalized spacial score (nSPS) is 26.1. The number of nitrogens with one attached hydrogen (secondary N) is 4. The first-order valence-corrected chi connectivity index (χ1v) is 41.8. The standard InChI is InChI=1S/C93H106N4O31/c1-53(98)94-76-70(120-56(4)101)42-93(91(109)111-7,128-85(76)83(122-58(6)103)74(121-57(5)102)52-114-55(3)100)127-80-72(49-112-43-59-27-13-8-14-28-59)124-89(79(106)78(80)105)125-82-73(50-113-44-60-29-15-9-16-30-60)123-87(97-75(104)41-69(88(107)108)96-92(110)119-48-68-66-39-25-23-37-64(66)65-38-24-26-40-67(65)68)77(95-54(2)99)84(82)126-90-86(117-47-63-35-21-12-22-36-63)81(116-46-62-33-19-11-20-34-62)71(51-118-90)115-45-61-31-17-10-18-32-61/h8-40,68-74,76-87,89-90,105-106H,41-52H2,1-7H3,(H,94,98)(H,95,99)(H,96,110)(H,97,104)(H,107,108)/t69?,70-,71+,72+,73+,74+,76+,77+,78+,79+,80-,81+,82+,83+,84+,85+,86-,87+,89-,90-,93+/m0/s1. The molecule has 0 spiro atoms. The van der Waals surface area contributed by atoms with Crippen LogP contribution in [0.15, 0.2) is 200 Å². The molecule has 684 valence electrons. The maximum Gasteiger partial charge on any atom is 0.407 e. The van der Waals surface area contributed by atoms with Crippen molar-refractivity contribution in [1.82, 2.24) is 21.3 Å². The van der Waals surface area contributed by atoms with Crippen molar-refractivity contribution in [2.45, 2.75) is 222 Å². The number of carboxylic acids is 1. The second-order valence-electron chi connectivity index (χ2n) is 31.3. The van der Waals surface area contributed by atoms with E-state index in [2.05, 4.69) is 21.3 Å². The van der Waals surface area contributed by atoms with E-state index in [1.54, 1.807) is 60.7 Å². The van der Waals surface area contributed by atoms with E-state index >= 15 is 9.59 Å². The van der Waals surface area contributed by atoms with Gasteiger partial charge in [0.05, 0.1) is 78.8 Å². The maximum absolute atomic E-state index is 15.1. The molecular formula is C93H106N4O31. The number of carbonyl (C=O) groups excluding carboxylic acids is 9. The predicted octanol–water partition coefficient (Wildman–Crippen LogP) is 6.38. The molecule has 35 nitrogen and oxygen atoms in total. The second-order valence-corrected chi connectivity index (χ2v) is 31.3. The minimum Gasteiger partial charge on any atom is -0.480 e. The molecule has 4 fully saturated rings. The zero-order valence-electron chi connectivity index (χ0n) is 71.4. The number of fused-ring (bicyclic) bond motifs is 3. The topological polar surface area (TPSA) is 446 Å². The van der Waals surface area contributed by atoms with E-state index in [-0.39, 0.29) is 46.2 Å². The van der Waals surface area contributed by atoms with Crippen molar-refractivity contribution >= 4 is 59.6 Å². The lowest BCUT2D eigenvalue weighted by Gasteiger charge is -2.52. The fraction of sp³-hybridized carbons (Fsp3) is 0.441. The lowest BCUT2D eigenvalue weighted by atomic mass is 9.87. The zero-order chi connectivity index (χ0) is 91.0. The molecule has 35 heteroatoms. The molecule has 0 bridgehead atoms. The summed E-state index contributed by atoms with van der Waals surface area (Å²) < 4.78 is 116. The van der Waals surface area contributed by atoms with Crippen LogP contribution in [0.4, 0.5) is 4.79 Å². The summed E-state index contributed by atoms with van der Waals surface area (Å²) in [5.41, 5.74) is 7.09. The molecule has 21 atom stereocenters. The van der Waals surface area contributed by atoms with Crippen LogP contribution in [0.1, 0.15) is 99.2 Å². The van der Waals surface area contributed by atoms with E-state index in [0.717, 1.165) is 82.0 Å². The third-order valence-corrected chi connectivity index (χ3v) is 21.8. The average molecular weight is 1780 g/mol. The highest BCUT2D eigenvalue weighted by atomic mass is 16.8. The van der Waals surface area contributed by atoms with Gasteiger partial charge < -0.3 is 122 Å². The van der Waals surface area contributed by atoms with Crippen molar-refractivity contribution < 1.29 is 149 Å². The van der Waals surface area contributed by atoms with Gasteiger partial charge in [0.25, 0.3) is 5.79 Å². The van der Waals surface area contributed by atoms with Gasteiger partial charge >= 0.3 is 41.9 Å². The molecule has 0 aromatic heterocycles. The van der Waals surface area contributed by atoms with Gasteiger partial charge in [0, 0.05) is 47.5 Å². The highest BCUT2D eigenvalue weighted by molar-refractivity contribution is 5.87. The summed E-state index contributed by atoms with van der Waals surface area (Å²) in [5.74, 6) is -13.3. The Balaban J connectivity index is 0.949. The minimum atomic E-state index is -3.06. The third-order valence-electron chi connectivity index (χ3n) is 21.8. The number of aliphatic carboxylic acids is 1. The van der Waals surface area contributed by atoms with Crippen LogP contribution in [0.2, 0.25) is 0 Å². The lowest BCUT2D eigenvalue weighted by molar-refractivity contribution is -0.386. The summed E-state index contributed by atoms with van der Waals surface area (Å²) in [6, 6.07) is 55.0. The number of carbonyl (C=O) groups is 10. The molecule has 12 rings (SSSR count). The Morgan fingerprint density at radius 1 is 0.484 bits per heavy atom. The molecule has 0 saturated carbocycles. The van der Waals surface area contributed by atoms with Gasteiger partial charge in [-0.3, -0.25) is 33.6 Å². The van der Waals surface area contributed by atoms with Gasteiger partial charge in [0.15, 0.2) is 31.0 Å². The van der Waals surface area contributed by atoms with E-state index in [1.807, 2.05) is 140 Å². The van der Waals surface area contributed by atoms with Crippen molar-refractivity contribution in [3.05, 3.63) is 239 Å². The maximum atomic E-state index is 15.1. The number of ether oxygens (including phenoxy) is 18. The molecular weight excluding hydrogens is 1670 g/mol. The Hall–Kier alpha value is -11.5. The summed E-state index contributed by atoms with van der Waals surface area (Å²) in [6.07, 6.45) is -33.9. The summed E-state index contributed by atoms with van der Waals surface area (Å²) in [6.45, 7) is 3.20. The number of carboxylic acid groups (broad SMARTS) is 1. The van der Waals surface area contributed by atoms with Gasteiger partial charge in [-0.25, -0.2) is 14.4 Å². The molecule has 7 aromatic rings. The van der Waals surface area contributed by atoms with Crippen LogP contribution in [-0.4, -0.2) is 243 Å². The monoisotopic (exact) mass is 1770 g/mol. The largest absolute Gasteiger partial charge is 0.480 e. The quantitative estimate of drug-likeness (QED) is 0.0162. The number of esters is 5. The minimum absolute atomic E-state index is 0.0183. The Morgan fingerprint density at radius 3 is 1.48 bits per heavy atom. The van der Waals surface area contributed by atoms with Gasteiger partial charge in [-0.15, -0.1) is 0 Å². The number of benzene rings is 7. The molecule has 5 aliphatic rings. The number of aliphatic hydroxyl groups excluding tert-OH is 2. The van der Waals surface area contributed by atoms with Crippen molar-refractivity contribution in [1.29, 1.82) is 0 Å². The summed E-state index contributed by atoms with van der Waals surface area (Å²) >= 11 is 0. The predicted molar refractivity (Wildman–Crippen MR) is 446 cm³/mol. The second kappa shape index (κ2) is 46.0. The fourth-order valence-electron chi connectivity index (χ4n) is 16.1. The molecule has 4 saturated heterocycles. The van der Waals surface area contributed by atoms with E-state index < -0.39 is 226 Å². The number of amides is 4. The Bertz CT molecular complexity index is 4810. The van der Waals surface area contributed by atoms with E-state index in [4.69, 9.17) is 85.3 Å². The number of aliphatic hydroxyl groups is 2. The first-order chi connectivity index (χ1) is 61.7. The smallest absolute Gasteiger partial charge is 0.407 e. The van der Waals surface area contributed by atoms with Gasteiger partial charge in [-0.2, -0.15) is 0 Å². The van der Waals surface area contributed by atoms with E-state index in [1.165, 1.54) is 0 Å². The van der Waals surface area contributed by atoms with Crippen LogP contribution < -0.4 is 21.3 Å². The van der Waals surface area contributed by atoms with Crippen LogP contribution in [0, 0.1) is 0 Å². The van der Waals surface area contributed by atoms with Crippen LogP contribution in [-0.2, 0) is 161 Å². The van der Waals surface area contributed by atoms with Crippen LogP contribution in [0.5, 0.6) is 0 Å². The molecule has 7 N–H and O–H groups in total. The first kappa shape index (κ1) is 95.6. The number of hydrogen-bond acceptors (Lipinski definition) is 30. The molecule has 4 heterocycles. The SMILES string of the molecule is COC(=O)[C@@]1(O[C@@H]2[C@H](O)[C@@H](O)[C@H](O[C@H]3[C@H](O[C@@H]4OC[C@@H](OCc5ccccc5)[C@@H](OCc5ccccc5)[C@@H]4OCc4ccccc4)[C@@H](NC(C)=O)[C@H](NC(=O)CC(NC(=O)OCC4c5ccccc5-c5ccccc54)C(=O)O)O[C@@H]3COCc3ccccc3)O[C@@H]2COCc2ccccc2)C[C@H](OC(C)=O)[C@@H](NC(C)=O)[C@H]([C@H](OC(C)=O)[C@@H](COC(C)=O)OC(C)=O)O1. The molecule has 1 aliphatic carbocycles. The van der Waals surface area contributed by atoms with E-state index in [0.29, 0.717) is 16.7 Å². The first-order valence-electron chi connectivity index (χ1n) is 41.8. The molecule has 0 radical (unpaired) electrons. The van der Waals surface area contributed by atoms with E-state index in [9.17, 15) is 53.7 Å². The molecule has 4 aliphatic heterocycles. The third kappa shape index (κ3) is 25.7. The fourth-order valence-corrected chi connectivity index (χ4v) is 16.1. The number of alkyl carbamates (subject to hydrolysis) is 1. The summed E-state index contributed by atoms with van der Waals surface area (Å²) in [7, 11) is 0.909. The summed E-state index contributed by atoms with van der Waals surface area (Å²) in [4.78, 5) is 137. The van der Waals surface area contributed by atoms with Crippen LogP contribution in [0.3, 0.4) is 0 Å². The van der Waals surface area contributed by atoms with Gasteiger partial charge in [-0.1, -0.05) is 200 Å². The van der Waals surface area contributed by atoms with Crippen LogP contribution in [0.25, 0.3) is 11.1 Å². The average Bonchev–Trinajstić information content (AvgIpc) is 0.816. The number of methoxy groups -OCH3 is 1. The van der Waals surface area contributed by atoms with Gasteiger partial charge in [0.1, 0.15) is 98.5 Å². The number of rotatable bonds is 40. The zero-order valence-corrected chi connectivity index (χ0v) is 71.4. The van der Waals surface area contributed by atoms with Gasteiger partial charge in [-0.05, 0) is 50.1 Å². The van der Waals surface area contributed by atoms with Crippen molar-refractivity contribution in [3.63, 3.8) is 0 Å². The highest BCUT2D eigenvalue weighted by Gasteiger charge is 2.63. The molecule has 4 amide bonds. The van der Waals surface area contributed by atoms with Crippen LogP contribution >= 0.6 is 0 Å². The van der Waals surface area contributed by atoms with Crippen molar-refractivity contribution in [2.75, 3.05) is 40.1 Å². The molecule has 1 unspecified atom stereocenters. The Morgan fingerprint density at radius 2 is 0.977 bits per heavy atom. The lowest BCUT2D eigenvalue weighted by Crippen LogP contribution is -2.72. The number of hydrogen-bond donors (Lipinski definition) is 7. The van der Waals surface area contributed by atoms with Crippen molar-refractivity contribution in [2.24, 2.45) is 0 Å².